The summed E-state index contributed by atoms with van der Waals surface area (Å²) in [5.74, 6) is -0.184. The van der Waals surface area contributed by atoms with Gasteiger partial charge in [-0.15, -0.1) is 0 Å². The number of anilines is 1. The van der Waals surface area contributed by atoms with Crippen LogP contribution in [0.5, 0.6) is 5.75 Å². The molecule has 0 saturated carbocycles. The van der Waals surface area contributed by atoms with Crippen LogP contribution in [0, 0.1) is 0 Å². The summed E-state index contributed by atoms with van der Waals surface area (Å²) in [5, 5.41) is 18.6. The molecule has 2 atom stereocenters. The molecule has 9 heteroatoms. The minimum Gasteiger partial charge on any atom is -0.496 e. The first-order chi connectivity index (χ1) is 14.5. The molecule has 1 saturated heterocycles. The number of hydrogen-bond acceptors (Lipinski definition) is 6. The molecule has 160 valence electrons. The van der Waals surface area contributed by atoms with E-state index < -0.39 is 18.1 Å². The third kappa shape index (κ3) is 5.63. The Morgan fingerprint density at radius 2 is 2.03 bits per heavy atom. The average molecular weight is 434 g/mol. The molecule has 4 N–H and O–H groups in total. The summed E-state index contributed by atoms with van der Waals surface area (Å²) >= 11 is 6.27. The Balaban J connectivity index is 1.67. The van der Waals surface area contributed by atoms with Crippen LogP contribution >= 0.6 is 11.6 Å². The van der Waals surface area contributed by atoms with Crippen molar-refractivity contribution < 1.29 is 24.2 Å². The number of amides is 2. The molecule has 1 aliphatic rings. The van der Waals surface area contributed by atoms with Crippen LogP contribution in [0.15, 0.2) is 42.5 Å². The molecule has 0 aromatic heterocycles. The van der Waals surface area contributed by atoms with Gasteiger partial charge in [0.15, 0.2) is 0 Å². The van der Waals surface area contributed by atoms with Crippen molar-refractivity contribution >= 4 is 29.3 Å². The number of aliphatic hydroxyl groups is 1. The first-order valence-corrected chi connectivity index (χ1v) is 9.90. The molecule has 0 aliphatic carbocycles. The number of methoxy groups -OCH3 is 1. The smallest absolute Gasteiger partial charge is 0.412 e. The maximum atomic E-state index is 12.7. The molecular formula is C21H24ClN3O5. The van der Waals surface area contributed by atoms with Gasteiger partial charge in [0.25, 0.3) is 5.91 Å². The zero-order valence-electron chi connectivity index (χ0n) is 16.5. The number of rotatable bonds is 6. The largest absolute Gasteiger partial charge is 0.496 e. The number of halogens is 1. The van der Waals surface area contributed by atoms with Gasteiger partial charge in [-0.25, -0.2) is 4.79 Å². The van der Waals surface area contributed by atoms with E-state index in [1.165, 1.54) is 19.2 Å². The van der Waals surface area contributed by atoms with Crippen molar-refractivity contribution in [2.75, 3.05) is 25.5 Å². The normalized spacial score (nSPS) is 18.4. The number of benzene rings is 2. The topological polar surface area (TPSA) is 109 Å². The van der Waals surface area contributed by atoms with Crippen LogP contribution in [0.4, 0.5) is 10.5 Å². The summed E-state index contributed by atoms with van der Waals surface area (Å²) in [6.45, 7) is 1.23. The van der Waals surface area contributed by atoms with E-state index in [0.717, 1.165) is 5.56 Å². The molecule has 2 amide bonds. The van der Waals surface area contributed by atoms with Crippen LogP contribution < -0.4 is 20.7 Å². The third-order valence-corrected chi connectivity index (χ3v) is 5.06. The summed E-state index contributed by atoms with van der Waals surface area (Å²) in [4.78, 5) is 24.8. The molecule has 2 aromatic rings. The van der Waals surface area contributed by atoms with Crippen molar-refractivity contribution in [2.45, 2.75) is 25.2 Å². The number of hydrogen-bond donors (Lipinski definition) is 4. The lowest BCUT2D eigenvalue weighted by atomic mass is 10.0. The molecule has 8 nitrogen and oxygen atoms in total. The van der Waals surface area contributed by atoms with Crippen molar-refractivity contribution in [1.29, 1.82) is 0 Å². The van der Waals surface area contributed by atoms with Gasteiger partial charge in [-0.1, -0.05) is 41.9 Å². The van der Waals surface area contributed by atoms with Gasteiger partial charge < -0.3 is 25.2 Å². The van der Waals surface area contributed by atoms with E-state index in [1.807, 2.05) is 30.3 Å². The van der Waals surface area contributed by atoms with E-state index >= 15 is 0 Å². The van der Waals surface area contributed by atoms with Crippen LogP contribution in [-0.4, -0.2) is 49.5 Å². The van der Waals surface area contributed by atoms with Crippen molar-refractivity contribution in [3.63, 3.8) is 0 Å². The highest BCUT2D eigenvalue weighted by Gasteiger charge is 2.26. The summed E-state index contributed by atoms with van der Waals surface area (Å²) < 4.78 is 10.5. The monoisotopic (exact) mass is 433 g/mol. The molecule has 2 aromatic carbocycles. The van der Waals surface area contributed by atoms with Gasteiger partial charge in [-0.05, 0) is 24.6 Å². The summed E-state index contributed by atoms with van der Waals surface area (Å²) in [6, 6.07) is 11.8. The van der Waals surface area contributed by atoms with Gasteiger partial charge in [0.2, 0.25) is 0 Å². The first-order valence-electron chi connectivity index (χ1n) is 9.53. The van der Waals surface area contributed by atoms with Gasteiger partial charge in [-0.2, -0.15) is 0 Å². The molecule has 1 aliphatic heterocycles. The lowest BCUT2D eigenvalue weighted by Crippen LogP contribution is -2.52. The quantitative estimate of drug-likeness (QED) is 0.557. The van der Waals surface area contributed by atoms with Gasteiger partial charge in [0.1, 0.15) is 12.4 Å². The lowest BCUT2D eigenvalue weighted by Gasteiger charge is -2.29. The van der Waals surface area contributed by atoms with Crippen LogP contribution in [0.1, 0.15) is 22.3 Å². The van der Waals surface area contributed by atoms with Crippen LogP contribution in [0.2, 0.25) is 5.02 Å². The fourth-order valence-electron chi connectivity index (χ4n) is 3.12. The Bertz CT molecular complexity index is 894. The molecule has 3 rings (SSSR count). The third-order valence-electron chi connectivity index (χ3n) is 4.75. The zero-order chi connectivity index (χ0) is 21.5. The van der Waals surface area contributed by atoms with E-state index in [2.05, 4.69) is 16.0 Å². The Morgan fingerprint density at radius 1 is 1.27 bits per heavy atom. The number of β-amino-alcohol motifs (C(OH)–C–C–N with tert-alkyl or cyclic N) is 1. The van der Waals surface area contributed by atoms with Gasteiger partial charge >= 0.3 is 6.09 Å². The Labute approximate surface area is 179 Å². The Kier molecular flexibility index (Phi) is 7.51. The highest BCUT2D eigenvalue weighted by Crippen LogP contribution is 2.31. The molecule has 1 heterocycles. The summed E-state index contributed by atoms with van der Waals surface area (Å²) in [7, 11) is 1.41. The molecule has 0 spiro atoms. The predicted molar refractivity (Wildman–Crippen MR) is 113 cm³/mol. The maximum Gasteiger partial charge on any atom is 0.412 e. The molecule has 0 bridgehead atoms. The highest BCUT2D eigenvalue weighted by atomic mass is 35.5. The van der Waals surface area contributed by atoms with Crippen LogP contribution in [-0.2, 0) is 11.3 Å². The van der Waals surface area contributed by atoms with Crippen molar-refractivity contribution in [3.8, 4) is 5.75 Å². The van der Waals surface area contributed by atoms with Crippen molar-refractivity contribution in [3.05, 3.63) is 58.6 Å². The number of aliphatic hydroxyl groups excluding tert-OH is 1. The number of carbonyl (C=O) groups is 2. The standard InChI is InChI=1S/C21H24ClN3O5/c1-29-19-10-17(25-21(28)30-12-13-5-3-2-4-6-13)15(22)9-14(19)20(27)24-16-7-8-23-11-18(16)26/h2-6,9-10,16,18,23,26H,7-8,11-12H2,1H3,(H,24,27)(H,25,28). The number of ether oxygens (including phenoxy) is 2. The van der Waals surface area contributed by atoms with Crippen LogP contribution in [0.25, 0.3) is 0 Å². The molecule has 0 radical (unpaired) electrons. The van der Waals surface area contributed by atoms with Crippen molar-refractivity contribution in [1.82, 2.24) is 10.6 Å². The molecule has 2 unspecified atom stereocenters. The minimum atomic E-state index is -0.683. The summed E-state index contributed by atoms with van der Waals surface area (Å²) in [5.41, 5.74) is 1.31. The zero-order valence-corrected chi connectivity index (χ0v) is 17.2. The van der Waals surface area contributed by atoms with E-state index in [4.69, 9.17) is 21.1 Å². The van der Waals surface area contributed by atoms with Gasteiger partial charge in [0, 0.05) is 12.6 Å². The first kappa shape index (κ1) is 21.9. The molecule has 30 heavy (non-hydrogen) atoms. The van der Waals surface area contributed by atoms with E-state index in [-0.39, 0.29) is 34.7 Å². The maximum absolute atomic E-state index is 12.7. The second-order valence-corrected chi connectivity index (χ2v) is 7.27. The minimum absolute atomic E-state index is 0.112. The summed E-state index contributed by atoms with van der Waals surface area (Å²) in [6.07, 6.45) is -0.752. The Morgan fingerprint density at radius 3 is 2.73 bits per heavy atom. The SMILES string of the molecule is COc1cc(NC(=O)OCc2ccccc2)c(Cl)cc1C(=O)NC1CCNCC1O. The fraction of sp³-hybridized carbons (Fsp3) is 0.333. The van der Waals surface area contributed by atoms with Crippen LogP contribution in [0.3, 0.4) is 0 Å². The number of nitrogens with one attached hydrogen (secondary N) is 3. The second kappa shape index (κ2) is 10.3. The number of carbonyl (C=O) groups excluding carboxylic acids is 2. The predicted octanol–water partition coefficient (Wildman–Crippen LogP) is 2.55. The van der Waals surface area contributed by atoms with Gasteiger partial charge in [0.05, 0.1) is 35.5 Å². The Hall–Kier alpha value is -2.81. The van der Waals surface area contributed by atoms with Gasteiger partial charge in [-0.3, -0.25) is 10.1 Å². The molecule has 1 fully saturated rings. The fourth-order valence-corrected chi connectivity index (χ4v) is 3.33. The van der Waals surface area contributed by atoms with E-state index in [0.29, 0.717) is 19.5 Å². The highest BCUT2D eigenvalue weighted by molar-refractivity contribution is 6.34. The lowest BCUT2D eigenvalue weighted by molar-refractivity contribution is 0.0763. The average Bonchev–Trinajstić information content (AvgIpc) is 2.75. The number of piperidine rings is 1. The van der Waals surface area contributed by atoms with E-state index in [9.17, 15) is 14.7 Å². The van der Waals surface area contributed by atoms with E-state index in [1.54, 1.807) is 0 Å². The molecular weight excluding hydrogens is 410 g/mol. The van der Waals surface area contributed by atoms with Crippen molar-refractivity contribution in [2.24, 2.45) is 0 Å². The second-order valence-electron chi connectivity index (χ2n) is 6.86.